The molecule has 0 aliphatic rings. The Hall–Kier alpha value is -1.30. The lowest BCUT2D eigenvalue weighted by Crippen LogP contribution is -1.98. The molecule has 2 N–H and O–H groups in total. The minimum absolute atomic E-state index is 0.0756. The number of anilines is 2. The highest BCUT2D eigenvalue weighted by Gasteiger charge is 2.06. The number of hydrogen-bond donors (Lipinski definition) is 2. The van der Waals surface area contributed by atoms with Gasteiger partial charge in [-0.15, -0.1) is 11.3 Å². The first-order valence-electron chi connectivity index (χ1n) is 5.42. The van der Waals surface area contributed by atoms with Crippen molar-refractivity contribution in [3.05, 3.63) is 39.3 Å². The van der Waals surface area contributed by atoms with Gasteiger partial charge in [-0.25, -0.2) is 4.98 Å². The van der Waals surface area contributed by atoms with Crippen LogP contribution in [-0.2, 0) is 11.2 Å². The van der Waals surface area contributed by atoms with E-state index < -0.39 is 5.97 Å². The predicted octanol–water partition coefficient (Wildman–Crippen LogP) is 4.21. The third kappa shape index (κ3) is 4.38. The summed E-state index contributed by atoms with van der Waals surface area (Å²) in [6, 6.07) is 5.13. The number of aryl methyl sites for hydroxylation is 1. The summed E-state index contributed by atoms with van der Waals surface area (Å²) in [5.41, 5.74) is 1.50. The van der Waals surface area contributed by atoms with Crippen molar-refractivity contribution in [1.29, 1.82) is 0 Å². The molecule has 0 atom stereocenters. The SMILES string of the molecule is O=C(O)CCc1csc(Nc2cc(Cl)cc(Cl)c2)n1. The van der Waals surface area contributed by atoms with Gasteiger partial charge in [0.25, 0.3) is 0 Å². The Morgan fingerprint density at radius 1 is 1.32 bits per heavy atom. The number of nitrogens with one attached hydrogen (secondary N) is 1. The fourth-order valence-corrected chi connectivity index (χ4v) is 2.75. The van der Waals surface area contributed by atoms with Crippen LogP contribution in [0.15, 0.2) is 23.6 Å². The fourth-order valence-electron chi connectivity index (χ4n) is 1.46. The normalized spacial score (nSPS) is 10.4. The first-order valence-corrected chi connectivity index (χ1v) is 7.06. The Balaban J connectivity index is 2.05. The van der Waals surface area contributed by atoms with Gasteiger partial charge < -0.3 is 10.4 Å². The van der Waals surface area contributed by atoms with Gasteiger partial charge in [0.15, 0.2) is 5.13 Å². The van der Waals surface area contributed by atoms with Crippen LogP contribution < -0.4 is 5.32 Å². The van der Waals surface area contributed by atoms with Crippen molar-refractivity contribution < 1.29 is 9.90 Å². The van der Waals surface area contributed by atoms with Crippen molar-refractivity contribution >= 4 is 51.3 Å². The first-order chi connectivity index (χ1) is 9.02. The average Bonchev–Trinajstić information content (AvgIpc) is 2.72. The van der Waals surface area contributed by atoms with Crippen LogP contribution in [0.1, 0.15) is 12.1 Å². The number of carbonyl (C=O) groups is 1. The number of thiazole rings is 1. The van der Waals surface area contributed by atoms with Gasteiger partial charge in [-0.2, -0.15) is 0 Å². The zero-order chi connectivity index (χ0) is 13.8. The third-order valence-electron chi connectivity index (χ3n) is 2.26. The van der Waals surface area contributed by atoms with E-state index in [1.54, 1.807) is 18.2 Å². The smallest absolute Gasteiger partial charge is 0.303 e. The third-order valence-corrected chi connectivity index (χ3v) is 3.50. The molecule has 0 fully saturated rings. The molecule has 0 unspecified atom stereocenters. The first kappa shape index (κ1) is 14.1. The van der Waals surface area contributed by atoms with Crippen LogP contribution in [0.4, 0.5) is 10.8 Å². The van der Waals surface area contributed by atoms with Crippen LogP contribution in [0, 0.1) is 0 Å². The van der Waals surface area contributed by atoms with Gasteiger partial charge in [0.2, 0.25) is 0 Å². The van der Waals surface area contributed by atoms with Crippen molar-refractivity contribution in [3.63, 3.8) is 0 Å². The van der Waals surface area contributed by atoms with Crippen molar-refractivity contribution in [1.82, 2.24) is 4.98 Å². The van der Waals surface area contributed by atoms with E-state index in [1.807, 2.05) is 5.38 Å². The predicted molar refractivity (Wildman–Crippen MR) is 77.8 cm³/mol. The van der Waals surface area contributed by atoms with E-state index in [0.717, 1.165) is 11.4 Å². The molecule has 2 rings (SSSR count). The summed E-state index contributed by atoms with van der Waals surface area (Å²) >= 11 is 13.2. The van der Waals surface area contributed by atoms with Crippen LogP contribution in [-0.4, -0.2) is 16.1 Å². The molecule has 0 bridgehead atoms. The lowest BCUT2D eigenvalue weighted by molar-refractivity contribution is -0.136. The maximum atomic E-state index is 10.5. The standard InChI is InChI=1S/C12H10Cl2N2O2S/c13-7-3-8(14)5-10(4-7)16-12-15-9(6-19-12)1-2-11(17)18/h3-6H,1-2H2,(H,15,16)(H,17,18). The van der Waals surface area contributed by atoms with Gasteiger partial charge in [0.1, 0.15) is 0 Å². The summed E-state index contributed by atoms with van der Waals surface area (Å²) in [6.45, 7) is 0. The number of halogens is 2. The van der Waals surface area contributed by atoms with E-state index in [0.29, 0.717) is 21.6 Å². The zero-order valence-corrected chi connectivity index (χ0v) is 12.0. The second-order valence-electron chi connectivity index (χ2n) is 3.82. The monoisotopic (exact) mass is 316 g/mol. The molecule has 0 aliphatic heterocycles. The molecule has 1 aromatic heterocycles. The van der Waals surface area contributed by atoms with Gasteiger partial charge in [-0.3, -0.25) is 4.79 Å². The van der Waals surface area contributed by atoms with Crippen LogP contribution in [0.25, 0.3) is 0 Å². The van der Waals surface area contributed by atoms with E-state index in [-0.39, 0.29) is 6.42 Å². The molecule has 0 aliphatic carbocycles. The molecular formula is C12H10Cl2N2O2S. The van der Waals surface area contributed by atoms with Crippen LogP contribution in [0.3, 0.4) is 0 Å². The molecule has 4 nitrogen and oxygen atoms in total. The Kier molecular flexibility index (Phi) is 4.63. The van der Waals surface area contributed by atoms with Crippen LogP contribution in [0.5, 0.6) is 0 Å². The number of rotatable bonds is 5. The summed E-state index contributed by atoms with van der Waals surface area (Å²) in [6.07, 6.45) is 0.496. The highest BCUT2D eigenvalue weighted by Crippen LogP contribution is 2.27. The maximum absolute atomic E-state index is 10.5. The van der Waals surface area contributed by atoms with Crippen molar-refractivity contribution in [2.75, 3.05) is 5.32 Å². The molecule has 0 spiro atoms. The van der Waals surface area contributed by atoms with Gasteiger partial charge in [0, 0.05) is 27.5 Å². The molecule has 1 aromatic carbocycles. The zero-order valence-electron chi connectivity index (χ0n) is 9.69. The quantitative estimate of drug-likeness (QED) is 0.867. The molecule has 0 amide bonds. The summed E-state index contributed by atoms with van der Waals surface area (Å²) in [5.74, 6) is -0.830. The van der Waals surface area contributed by atoms with E-state index in [9.17, 15) is 4.79 Å². The largest absolute Gasteiger partial charge is 0.481 e. The number of carboxylic acid groups (broad SMARTS) is 1. The lowest BCUT2D eigenvalue weighted by atomic mass is 10.2. The van der Waals surface area contributed by atoms with Crippen molar-refractivity contribution in [2.24, 2.45) is 0 Å². The number of nitrogens with zero attached hydrogens (tertiary/aromatic N) is 1. The molecule has 0 saturated heterocycles. The van der Waals surface area contributed by atoms with Crippen LogP contribution >= 0.6 is 34.5 Å². The highest BCUT2D eigenvalue weighted by atomic mass is 35.5. The van der Waals surface area contributed by atoms with E-state index in [4.69, 9.17) is 28.3 Å². The van der Waals surface area contributed by atoms with E-state index in [2.05, 4.69) is 10.3 Å². The van der Waals surface area contributed by atoms with E-state index in [1.165, 1.54) is 11.3 Å². The number of aliphatic carboxylic acids is 1. The lowest BCUT2D eigenvalue weighted by Gasteiger charge is -2.03. The molecular weight excluding hydrogens is 307 g/mol. The molecule has 19 heavy (non-hydrogen) atoms. The van der Waals surface area contributed by atoms with Gasteiger partial charge in [-0.1, -0.05) is 23.2 Å². The van der Waals surface area contributed by atoms with Gasteiger partial charge in [0.05, 0.1) is 12.1 Å². The number of hydrogen-bond acceptors (Lipinski definition) is 4. The molecule has 2 aromatic rings. The Morgan fingerprint density at radius 3 is 2.63 bits per heavy atom. The second-order valence-corrected chi connectivity index (χ2v) is 5.55. The molecule has 0 radical (unpaired) electrons. The van der Waals surface area contributed by atoms with Gasteiger partial charge in [-0.05, 0) is 18.2 Å². The summed E-state index contributed by atoms with van der Waals surface area (Å²) in [4.78, 5) is 14.8. The van der Waals surface area contributed by atoms with E-state index >= 15 is 0 Å². The second kappa shape index (κ2) is 6.23. The average molecular weight is 317 g/mol. The van der Waals surface area contributed by atoms with Crippen molar-refractivity contribution in [2.45, 2.75) is 12.8 Å². The number of benzene rings is 1. The topological polar surface area (TPSA) is 62.2 Å². The Morgan fingerprint density at radius 2 is 2.00 bits per heavy atom. The van der Waals surface area contributed by atoms with Crippen LogP contribution in [0.2, 0.25) is 10.0 Å². The van der Waals surface area contributed by atoms with Crippen molar-refractivity contribution in [3.8, 4) is 0 Å². The number of carboxylic acids is 1. The minimum Gasteiger partial charge on any atom is -0.481 e. The highest BCUT2D eigenvalue weighted by molar-refractivity contribution is 7.13. The summed E-state index contributed by atoms with van der Waals surface area (Å²) in [5, 5.41) is 15.3. The summed E-state index contributed by atoms with van der Waals surface area (Å²) in [7, 11) is 0. The molecule has 7 heteroatoms. The minimum atomic E-state index is -0.830. The molecule has 1 heterocycles. The van der Waals surface area contributed by atoms with Gasteiger partial charge >= 0.3 is 5.97 Å². The molecule has 0 saturated carbocycles. The fraction of sp³-hybridized carbons (Fsp3) is 0.167. The summed E-state index contributed by atoms with van der Waals surface area (Å²) < 4.78 is 0. The Bertz CT molecular complexity index is 581. The molecule has 100 valence electrons. The Labute approximate surface area is 124 Å². The number of aromatic nitrogens is 1. The maximum Gasteiger partial charge on any atom is 0.303 e.